The van der Waals surface area contributed by atoms with Gasteiger partial charge in [0.1, 0.15) is 12.4 Å². The first-order valence-corrected chi connectivity index (χ1v) is 9.69. The average molecular weight is 424 g/mol. The third-order valence-electron chi connectivity index (χ3n) is 4.96. The van der Waals surface area contributed by atoms with E-state index in [-0.39, 0.29) is 30.9 Å². The quantitative estimate of drug-likeness (QED) is 0.734. The number of likely N-dealkylation sites (tertiary alicyclic amines) is 1. The summed E-state index contributed by atoms with van der Waals surface area (Å²) in [7, 11) is 3.21. The van der Waals surface area contributed by atoms with Crippen LogP contribution in [0, 0.1) is 0 Å². The molecule has 1 amide bonds. The zero-order chi connectivity index (χ0) is 20.1. The molecule has 160 valence electrons. The zero-order valence-electron chi connectivity index (χ0n) is 17.3. The van der Waals surface area contributed by atoms with Gasteiger partial charge in [-0.1, -0.05) is 6.07 Å². The minimum Gasteiger partial charge on any atom is -0.493 e. The first kappa shape index (κ1) is 23.0. The molecule has 1 aromatic heterocycles. The predicted octanol–water partition coefficient (Wildman–Crippen LogP) is 2.34. The number of methoxy groups -OCH3 is 2. The molecule has 0 unspecified atom stereocenters. The SMILES string of the molecule is COc1ccc(Cc2nc([C@@H](C)N)n(CC(=O)N3CCCCC3)n2)cc1OC.Cl. The number of benzene rings is 1. The minimum absolute atomic E-state index is 0. The van der Waals surface area contributed by atoms with Crippen molar-refractivity contribution in [3.8, 4) is 11.5 Å². The van der Waals surface area contributed by atoms with Gasteiger partial charge >= 0.3 is 0 Å². The van der Waals surface area contributed by atoms with Crippen LogP contribution in [0.5, 0.6) is 11.5 Å². The van der Waals surface area contributed by atoms with Crippen molar-refractivity contribution in [1.29, 1.82) is 0 Å². The maximum atomic E-state index is 12.6. The molecule has 1 saturated heterocycles. The summed E-state index contributed by atoms with van der Waals surface area (Å²) in [4.78, 5) is 19.1. The van der Waals surface area contributed by atoms with Crippen molar-refractivity contribution in [2.75, 3.05) is 27.3 Å². The first-order valence-electron chi connectivity index (χ1n) is 9.69. The van der Waals surface area contributed by atoms with Crippen LogP contribution in [0.3, 0.4) is 0 Å². The van der Waals surface area contributed by atoms with Crippen molar-refractivity contribution >= 4 is 18.3 Å². The molecule has 8 nitrogen and oxygen atoms in total. The van der Waals surface area contributed by atoms with E-state index in [0.29, 0.717) is 29.6 Å². The molecular formula is C20H30ClN5O3. The highest BCUT2D eigenvalue weighted by molar-refractivity contribution is 5.85. The number of aromatic nitrogens is 3. The van der Waals surface area contributed by atoms with E-state index >= 15 is 0 Å². The number of nitrogens with two attached hydrogens (primary N) is 1. The number of carbonyl (C=O) groups excluding carboxylic acids is 1. The van der Waals surface area contributed by atoms with Crippen molar-refractivity contribution in [1.82, 2.24) is 19.7 Å². The van der Waals surface area contributed by atoms with Gasteiger partial charge in [0.25, 0.3) is 0 Å². The Morgan fingerprint density at radius 3 is 2.48 bits per heavy atom. The fraction of sp³-hybridized carbons (Fsp3) is 0.550. The lowest BCUT2D eigenvalue weighted by Crippen LogP contribution is -2.38. The molecular weight excluding hydrogens is 394 g/mol. The fourth-order valence-electron chi connectivity index (χ4n) is 3.48. The molecule has 1 aliphatic heterocycles. The second-order valence-electron chi connectivity index (χ2n) is 7.14. The van der Waals surface area contributed by atoms with Crippen LogP contribution < -0.4 is 15.2 Å². The number of halogens is 1. The summed E-state index contributed by atoms with van der Waals surface area (Å²) in [5, 5.41) is 4.57. The van der Waals surface area contributed by atoms with Gasteiger partial charge in [0.15, 0.2) is 17.3 Å². The van der Waals surface area contributed by atoms with Crippen molar-refractivity contribution in [3.63, 3.8) is 0 Å². The Morgan fingerprint density at radius 1 is 1.17 bits per heavy atom. The summed E-state index contributed by atoms with van der Waals surface area (Å²) in [5.74, 6) is 2.66. The van der Waals surface area contributed by atoms with Gasteiger partial charge in [-0.15, -0.1) is 12.4 Å². The fourth-order valence-corrected chi connectivity index (χ4v) is 3.48. The summed E-state index contributed by atoms with van der Waals surface area (Å²) in [5.41, 5.74) is 7.07. The summed E-state index contributed by atoms with van der Waals surface area (Å²) >= 11 is 0. The third kappa shape index (κ3) is 5.61. The van der Waals surface area contributed by atoms with E-state index in [1.807, 2.05) is 30.0 Å². The largest absolute Gasteiger partial charge is 0.493 e. The molecule has 1 aliphatic rings. The van der Waals surface area contributed by atoms with E-state index in [4.69, 9.17) is 15.2 Å². The highest BCUT2D eigenvalue weighted by Gasteiger charge is 2.21. The third-order valence-corrected chi connectivity index (χ3v) is 4.96. The van der Waals surface area contributed by atoms with Crippen LogP contribution >= 0.6 is 12.4 Å². The molecule has 1 atom stereocenters. The molecule has 9 heteroatoms. The monoisotopic (exact) mass is 423 g/mol. The summed E-state index contributed by atoms with van der Waals surface area (Å²) < 4.78 is 12.3. The molecule has 0 saturated carbocycles. The molecule has 3 rings (SSSR count). The van der Waals surface area contributed by atoms with Crippen molar-refractivity contribution in [2.24, 2.45) is 5.73 Å². The Kier molecular flexibility index (Phi) is 8.28. The van der Waals surface area contributed by atoms with Crippen molar-refractivity contribution in [3.05, 3.63) is 35.4 Å². The highest BCUT2D eigenvalue weighted by atomic mass is 35.5. The predicted molar refractivity (Wildman–Crippen MR) is 113 cm³/mol. The molecule has 1 fully saturated rings. The Labute approximate surface area is 177 Å². The van der Waals surface area contributed by atoms with Gasteiger partial charge < -0.3 is 20.1 Å². The molecule has 2 aromatic rings. The number of hydrogen-bond donors (Lipinski definition) is 1. The van der Waals surface area contributed by atoms with Crippen LogP contribution in [-0.4, -0.2) is 52.9 Å². The van der Waals surface area contributed by atoms with Gasteiger partial charge in [-0.05, 0) is 43.9 Å². The maximum Gasteiger partial charge on any atom is 0.244 e. The van der Waals surface area contributed by atoms with Crippen LogP contribution in [0.4, 0.5) is 0 Å². The minimum atomic E-state index is -0.305. The first-order chi connectivity index (χ1) is 13.5. The van der Waals surface area contributed by atoms with Crippen LogP contribution in [-0.2, 0) is 17.8 Å². The normalized spacial score (nSPS) is 14.8. The summed E-state index contributed by atoms with van der Waals surface area (Å²) in [6.07, 6.45) is 3.83. The maximum absolute atomic E-state index is 12.6. The molecule has 2 N–H and O–H groups in total. The van der Waals surface area contributed by atoms with Gasteiger partial charge in [-0.2, -0.15) is 5.10 Å². The van der Waals surface area contributed by atoms with Crippen LogP contribution in [0.1, 0.15) is 49.4 Å². The lowest BCUT2D eigenvalue weighted by Gasteiger charge is -2.26. The lowest BCUT2D eigenvalue weighted by atomic mass is 10.1. The summed E-state index contributed by atoms with van der Waals surface area (Å²) in [6.45, 7) is 3.67. The summed E-state index contributed by atoms with van der Waals surface area (Å²) in [6, 6.07) is 5.41. The Bertz CT molecular complexity index is 818. The van der Waals surface area contributed by atoms with E-state index < -0.39 is 0 Å². The zero-order valence-corrected chi connectivity index (χ0v) is 18.1. The van der Waals surface area contributed by atoms with Crippen molar-refractivity contribution in [2.45, 2.75) is 45.2 Å². The molecule has 0 radical (unpaired) electrons. The Morgan fingerprint density at radius 2 is 1.86 bits per heavy atom. The molecule has 1 aromatic carbocycles. The second kappa shape index (κ2) is 10.5. The van der Waals surface area contributed by atoms with Gasteiger partial charge in [0, 0.05) is 19.5 Å². The number of hydrogen-bond acceptors (Lipinski definition) is 6. The smallest absolute Gasteiger partial charge is 0.244 e. The van der Waals surface area contributed by atoms with Gasteiger partial charge in [-0.3, -0.25) is 4.79 Å². The molecule has 29 heavy (non-hydrogen) atoms. The van der Waals surface area contributed by atoms with Gasteiger partial charge in [0.2, 0.25) is 5.91 Å². The second-order valence-corrected chi connectivity index (χ2v) is 7.14. The number of rotatable bonds is 7. The molecule has 0 bridgehead atoms. The number of carbonyl (C=O) groups is 1. The van der Waals surface area contributed by atoms with Crippen LogP contribution in [0.15, 0.2) is 18.2 Å². The van der Waals surface area contributed by atoms with Crippen LogP contribution in [0.25, 0.3) is 0 Å². The van der Waals surface area contributed by atoms with E-state index in [1.54, 1.807) is 18.9 Å². The molecule has 0 spiro atoms. The number of ether oxygens (including phenoxy) is 2. The number of piperidine rings is 1. The molecule has 2 heterocycles. The van der Waals surface area contributed by atoms with Gasteiger partial charge in [-0.25, -0.2) is 9.67 Å². The topological polar surface area (TPSA) is 95.5 Å². The van der Waals surface area contributed by atoms with Crippen LogP contribution in [0.2, 0.25) is 0 Å². The number of nitrogens with zero attached hydrogens (tertiary/aromatic N) is 4. The Balaban J connectivity index is 0.00000300. The highest BCUT2D eigenvalue weighted by Crippen LogP contribution is 2.28. The van der Waals surface area contributed by atoms with E-state index in [1.165, 1.54) is 6.42 Å². The number of amides is 1. The van der Waals surface area contributed by atoms with E-state index in [2.05, 4.69) is 10.1 Å². The lowest BCUT2D eigenvalue weighted by molar-refractivity contribution is -0.133. The molecule has 0 aliphatic carbocycles. The van der Waals surface area contributed by atoms with Gasteiger partial charge in [0.05, 0.1) is 20.3 Å². The Hall–Kier alpha value is -2.32. The van der Waals surface area contributed by atoms with Crippen molar-refractivity contribution < 1.29 is 14.3 Å². The van der Waals surface area contributed by atoms with E-state index in [0.717, 1.165) is 31.5 Å². The average Bonchev–Trinajstić information content (AvgIpc) is 3.10. The van der Waals surface area contributed by atoms with E-state index in [9.17, 15) is 4.79 Å². The standard InChI is InChI=1S/C20H29N5O3.ClH/c1-14(21)20-22-18(12-15-7-8-16(27-2)17(11-15)28-3)23-25(20)13-19(26)24-9-5-4-6-10-24;/h7-8,11,14H,4-6,9-10,12-13,21H2,1-3H3;1H/t14-;/m1./s1.